The van der Waals surface area contributed by atoms with Gasteiger partial charge in [-0.1, -0.05) is 0 Å². The zero-order chi connectivity index (χ0) is 14.8. The van der Waals surface area contributed by atoms with Crippen molar-refractivity contribution in [3.63, 3.8) is 0 Å². The molecule has 0 aromatic rings. The Labute approximate surface area is 123 Å². The van der Waals surface area contributed by atoms with Crippen molar-refractivity contribution < 1.29 is 14.1 Å². The predicted molar refractivity (Wildman–Crippen MR) is 80.6 cm³/mol. The monoisotopic (exact) mass is 281 g/mol. The molecule has 2 aliphatic rings. The van der Waals surface area contributed by atoms with Gasteiger partial charge in [0.25, 0.3) is 0 Å². The topological polar surface area (TPSA) is 38.8 Å². The van der Waals surface area contributed by atoms with E-state index in [-0.39, 0.29) is 18.3 Å². The van der Waals surface area contributed by atoms with Crippen molar-refractivity contribution in [3.8, 4) is 0 Å². The third-order valence-electron chi connectivity index (χ3n) is 4.84. The van der Waals surface area contributed by atoms with Crippen molar-refractivity contribution in [2.24, 2.45) is 0 Å². The van der Waals surface area contributed by atoms with E-state index in [9.17, 15) is 4.79 Å². The van der Waals surface area contributed by atoms with Crippen molar-refractivity contribution in [2.45, 2.75) is 77.3 Å². The van der Waals surface area contributed by atoms with Crippen LogP contribution in [0.2, 0.25) is 6.32 Å². The summed E-state index contributed by atoms with van der Waals surface area (Å²) in [6, 6.07) is 0. The third kappa shape index (κ3) is 3.56. The SMILES string of the molecule is CC1(C)OB(CCCC(=O)N2CCCCC2)OC1(C)C. The highest BCUT2D eigenvalue weighted by molar-refractivity contribution is 6.45. The van der Waals surface area contributed by atoms with E-state index in [2.05, 4.69) is 27.7 Å². The van der Waals surface area contributed by atoms with Crippen LogP contribution in [0.1, 0.15) is 59.8 Å². The lowest BCUT2D eigenvalue weighted by atomic mass is 9.82. The zero-order valence-corrected chi connectivity index (χ0v) is 13.4. The summed E-state index contributed by atoms with van der Waals surface area (Å²) < 4.78 is 11.9. The molecule has 0 unspecified atom stereocenters. The maximum Gasteiger partial charge on any atom is 0.457 e. The fourth-order valence-electron chi connectivity index (χ4n) is 2.80. The quantitative estimate of drug-likeness (QED) is 0.744. The van der Waals surface area contributed by atoms with Crippen molar-refractivity contribution in [1.82, 2.24) is 4.90 Å². The van der Waals surface area contributed by atoms with E-state index < -0.39 is 0 Å². The molecule has 0 radical (unpaired) electrons. The van der Waals surface area contributed by atoms with Gasteiger partial charge in [-0.3, -0.25) is 4.79 Å². The van der Waals surface area contributed by atoms with Gasteiger partial charge in [0.2, 0.25) is 5.91 Å². The van der Waals surface area contributed by atoms with Gasteiger partial charge < -0.3 is 14.2 Å². The summed E-state index contributed by atoms with van der Waals surface area (Å²) in [7, 11) is -0.172. The molecule has 114 valence electrons. The van der Waals surface area contributed by atoms with Gasteiger partial charge >= 0.3 is 7.12 Å². The Morgan fingerprint density at radius 1 is 1.05 bits per heavy atom. The van der Waals surface area contributed by atoms with E-state index >= 15 is 0 Å². The number of carbonyl (C=O) groups excluding carboxylic acids is 1. The van der Waals surface area contributed by atoms with E-state index in [1.807, 2.05) is 4.90 Å². The van der Waals surface area contributed by atoms with Gasteiger partial charge in [-0.15, -0.1) is 0 Å². The molecular formula is C15H28BNO3. The van der Waals surface area contributed by atoms with Crippen LogP contribution in [-0.4, -0.2) is 42.2 Å². The lowest BCUT2D eigenvalue weighted by molar-refractivity contribution is -0.132. The van der Waals surface area contributed by atoms with Crippen molar-refractivity contribution in [1.29, 1.82) is 0 Å². The Balaban J connectivity index is 1.70. The molecule has 2 heterocycles. The van der Waals surface area contributed by atoms with Gasteiger partial charge in [0, 0.05) is 19.5 Å². The van der Waals surface area contributed by atoms with Gasteiger partial charge in [-0.2, -0.15) is 0 Å². The second-order valence-corrected chi connectivity index (χ2v) is 7.02. The fraction of sp³-hybridized carbons (Fsp3) is 0.933. The van der Waals surface area contributed by atoms with Gasteiger partial charge in [-0.25, -0.2) is 0 Å². The minimum atomic E-state index is -0.269. The highest BCUT2D eigenvalue weighted by atomic mass is 16.7. The Hall–Kier alpha value is -0.545. The van der Waals surface area contributed by atoms with E-state index in [0.29, 0.717) is 12.3 Å². The van der Waals surface area contributed by atoms with Crippen molar-refractivity contribution in [2.75, 3.05) is 13.1 Å². The Kier molecular flexibility index (Phi) is 4.80. The van der Waals surface area contributed by atoms with Gasteiger partial charge in [0.05, 0.1) is 11.2 Å². The molecule has 0 atom stereocenters. The van der Waals surface area contributed by atoms with E-state index in [1.54, 1.807) is 0 Å². The highest BCUT2D eigenvalue weighted by Gasteiger charge is 2.50. The maximum absolute atomic E-state index is 12.1. The first-order valence-corrected chi connectivity index (χ1v) is 7.95. The predicted octanol–water partition coefficient (Wildman–Crippen LogP) is 2.87. The fourth-order valence-corrected chi connectivity index (χ4v) is 2.80. The minimum absolute atomic E-state index is 0.172. The molecule has 4 nitrogen and oxygen atoms in total. The van der Waals surface area contributed by atoms with Crippen LogP contribution in [0.15, 0.2) is 0 Å². The van der Waals surface area contributed by atoms with Gasteiger partial charge in [0.15, 0.2) is 0 Å². The largest absolute Gasteiger partial charge is 0.457 e. The minimum Gasteiger partial charge on any atom is -0.403 e. The smallest absolute Gasteiger partial charge is 0.403 e. The Morgan fingerprint density at radius 2 is 1.60 bits per heavy atom. The summed E-state index contributed by atoms with van der Waals surface area (Å²) in [6.45, 7) is 10.1. The second kappa shape index (κ2) is 6.06. The van der Waals surface area contributed by atoms with Crippen LogP contribution < -0.4 is 0 Å². The van der Waals surface area contributed by atoms with Crippen LogP contribution in [-0.2, 0) is 14.1 Å². The lowest BCUT2D eigenvalue weighted by Gasteiger charge is -2.32. The summed E-state index contributed by atoms with van der Waals surface area (Å²) in [5, 5.41) is 0. The number of likely N-dealkylation sites (tertiary alicyclic amines) is 1. The van der Waals surface area contributed by atoms with Crippen molar-refractivity contribution in [3.05, 3.63) is 0 Å². The maximum atomic E-state index is 12.1. The molecule has 5 heteroatoms. The van der Waals surface area contributed by atoms with Crippen LogP contribution in [0, 0.1) is 0 Å². The van der Waals surface area contributed by atoms with Crippen molar-refractivity contribution >= 4 is 13.0 Å². The number of hydrogen-bond donors (Lipinski definition) is 0. The molecule has 2 rings (SSSR count). The number of nitrogens with zero attached hydrogens (tertiary/aromatic N) is 1. The molecule has 0 N–H and O–H groups in total. The molecule has 0 saturated carbocycles. The molecule has 0 aromatic heterocycles. The molecule has 0 spiro atoms. The molecule has 0 bridgehead atoms. The molecule has 0 aromatic carbocycles. The summed E-state index contributed by atoms with van der Waals surface area (Å²) in [4.78, 5) is 14.1. The van der Waals surface area contributed by atoms with Crippen LogP contribution in [0.25, 0.3) is 0 Å². The highest BCUT2D eigenvalue weighted by Crippen LogP contribution is 2.38. The molecule has 2 aliphatic heterocycles. The number of amides is 1. The van der Waals surface area contributed by atoms with Crippen LogP contribution in [0.3, 0.4) is 0 Å². The molecular weight excluding hydrogens is 253 g/mol. The molecule has 20 heavy (non-hydrogen) atoms. The average Bonchev–Trinajstić information content (AvgIpc) is 2.58. The van der Waals surface area contributed by atoms with E-state index in [0.717, 1.165) is 38.7 Å². The molecule has 1 amide bonds. The summed E-state index contributed by atoms with van der Waals surface area (Å²) in [6.07, 6.45) is 5.83. The number of piperidine rings is 1. The number of rotatable bonds is 4. The first-order chi connectivity index (χ1) is 9.32. The first kappa shape index (κ1) is 15.8. The Morgan fingerprint density at radius 3 is 2.15 bits per heavy atom. The lowest BCUT2D eigenvalue weighted by Crippen LogP contribution is -2.41. The molecule has 0 aliphatic carbocycles. The average molecular weight is 281 g/mol. The van der Waals surface area contributed by atoms with Crippen LogP contribution >= 0.6 is 0 Å². The molecule has 2 saturated heterocycles. The molecule has 2 fully saturated rings. The van der Waals surface area contributed by atoms with E-state index in [4.69, 9.17) is 9.31 Å². The second-order valence-electron chi connectivity index (χ2n) is 7.02. The number of hydrogen-bond acceptors (Lipinski definition) is 3. The standard InChI is InChI=1S/C15H28BNO3/c1-14(2)15(3,4)20-16(19-14)10-8-9-13(18)17-11-6-5-7-12-17/h5-12H2,1-4H3. The van der Waals surface area contributed by atoms with E-state index in [1.165, 1.54) is 6.42 Å². The zero-order valence-electron chi connectivity index (χ0n) is 13.4. The Bertz CT molecular complexity index is 335. The summed E-state index contributed by atoms with van der Waals surface area (Å²) in [5.74, 6) is 0.293. The van der Waals surface area contributed by atoms with Gasteiger partial charge in [0.1, 0.15) is 0 Å². The first-order valence-electron chi connectivity index (χ1n) is 7.95. The van der Waals surface area contributed by atoms with Gasteiger partial charge in [-0.05, 0) is 59.7 Å². The summed E-state index contributed by atoms with van der Waals surface area (Å²) in [5.41, 5.74) is -0.539. The third-order valence-corrected chi connectivity index (χ3v) is 4.84. The van der Waals surface area contributed by atoms with Crippen LogP contribution in [0.5, 0.6) is 0 Å². The van der Waals surface area contributed by atoms with Crippen LogP contribution in [0.4, 0.5) is 0 Å². The normalized spacial score (nSPS) is 25.0. The summed E-state index contributed by atoms with van der Waals surface area (Å²) >= 11 is 0. The number of carbonyl (C=O) groups is 1.